The zero-order valence-corrected chi connectivity index (χ0v) is 70.7. The highest BCUT2D eigenvalue weighted by atomic mass is 79.9. The van der Waals surface area contributed by atoms with Crippen molar-refractivity contribution in [3.8, 4) is 47.1 Å². The van der Waals surface area contributed by atoms with E-state index in [-0.39, 0.29) is 59.1 Å². The van der Waals surface area contributed by atoms with Crippen LogP contribution in [-0.4, -0.2) is 84.2 Å². The molecular weight excluding hydrogens is 1720 g/mol. The summed E-state index contributed by atoms with van der Waals surface area (Å²) in [5, 5.41) is 15.9. The number of ether oxygens (including phenoxy) is 1. The first-order valence-electron chi connectivity index (χ1n) is 33.3. The molecule has 106 heavy (non-hydrogen) atoms. The van der Waals surface area contributed by atoms with Crippen LogP contribution in [0.2, 0.25) is 0 Å². The summed E-state index contributed by atoms with van der Waals surface area (Å²) in [6.07, 6.45) is 19.3. The number of benzene rings is 5. The maximum atomic E-state index is 11.8. The van der Waals surface area contributed by atoms with E-state index in [1.807, 2.05) is 125 Å². The Kier molecular flexibility index (Phi) is 54.1. The minimum atomic E-state index is -3.22. The van der Waals surface area contributed by atoms with Gasteiger partial charge in [-0.2, -0.15) is 0 Å². The van der Waals surface area contributed by atoms with Crippen LogP contribution in [0.4, 0.5) is 0 Å². The van der Waals surface area contributed by atoms with Crippen LogP contribution in [0.3, 0.4) is 0 Å². The molecule has 4 heterocycles. The summed E-state index contributed by atoms with van der Waals surface area (Å²) in [6, 6.07) is 44.4. The van der Waals surface area contributed by atoms with Crippen molar-refractivity contribution in [3.63, 3.8) is 0 Å². The second kappa shape index (κ2) is 58.0. The molecule has 20 nitrogen and oxygen atoms in total. The van der Waals surface area contributed by atoms with Crippen molar-refractivity contribution >= 4 is 143 Å². The van der Waals surface area contributed by atoms with E-state index in [9.17, 15) is 28.5 Å². The van der Waals surface area contributed by atoms with Crippen molar-refractivity contribution in [2.45, 2.75) is 126 Å². The first-order valence-corrected chi connectivity index (χ1v) is 41.2. The number of nitrogens with two attached hydrogens (primary N) is 3. The third-order valence-corrected chi connectivity index (χ3v) is 17.0. The third-order valence-electron chi connectivity index (χ3n) is 14.6. The molecule has 5 aromatic carbocycles. The number of halogens is 8. The lowest BCUT2D eigenvalue weighted by Crippen LogP contribution is -2.34. The first kappa shape index (κ1) is 98.9. The Bertz CT molecular complexity index is 4070. The quantitative estimate of drug-likeness (QED) is 0.00987. The lowest BCUT2D eigenvalue weighted by Gasteiger charge is -2.12. The summed E-state index contributed by atoms with van der Waals surface area (Å²) in [6.45, 7) is 18.8. The van der Waals surface area contributed by atoms with E-state index in [4.69, 9.17) is 37.3 Å². The van der Waals surface area contributed by atoms with E-state index >= 15 is 0 Å². The van der Waals surface area contributed by atoms with Crippen LogP contribution in [0.5, 0.6) is 0 Å². The van der Waals surface area contributed by atoms with Crippen molar-refractivity contribution in [2.75, 3.05) is 19.7 Å². The second-order valence-corrected chi connectivity index (χ2v) is 32.3. The summed E-state index contributed by atoms with van der Waals surface area (Å²) >= 11 is 32.3. The number of ketones is 2. The van der Waals surface area contributed by atoms with Crippen molar-refractivity contribution in [1.29, 1.82) is 0 Å². The lowest BCUT2D eigenvalue weighted by molar-refractivity contribution is -0.125. The molecule has 9 N–H and O–H groups in total. The van der Waals surface area contributed by atoms with Crippen molar-refractivity contribution in [2.24, 2.45) is 29.3 Å². The molecule has 9 rings (SSSR count). The second-order valence-electron chi connectivity index (χ2n) is 21.6. The number of hydrazine groups is 1. The number of carbonyl (C=O) groups excluding carboxylic acids is 5. The number of esters is 1. The average molecular weight is 1810 g/mol. The van der Waals surface area contributed by atoms with Gasteiger partial charge in [0.25, 0.3) is 0 Å². The van der Waals surface area contributed by atoms with Crippen molar-refractivity contribution in [3.05, 3.63) is 233 Å². The van der Waals surface area contributed by atoms with Gasteiger partial charge in [0.05, 0.1) is 25.3 Å². The molecule has 1 amide bonds. The van der Waals surface area contributed by atoms with Crippen LogP contribution in [0, 0.1) is 36.0 Å². The monoisotopic (exact) mass is 1800 g/mol. The molecule has 0 spiro atoms. The highest BCUT2D eigenvalue weighted by Crippen LogP contribution is 2.61. The molecule has 0 radical (unpaired) electrons. The normalized spacial score (nSPS) is 9.95. The van der Waals surface area contributed by atoms with Gasteiger partial charge in [0, 0.05) is 105 Å². The third kappa shape index (κ3) is 41.9. The fourth-order valence-corrected chi connectivity index (χ4v) is 9.86. The standard InChI is InChI=1S/C20H19N3O.C14H18BrNO2.C13H15BrN2O.C9H9BrO2.C8H8BrNO.C7H5N.C6H11ClO.Cl3OP.H4N2.H2O/c1-3-17(4-2)19-22-23-20(24-19)18-9-7-15(8-10-18)5-6-16-11-13-21-14-12-16;1-3-10(4-2)14(18)16-9-13(17)11-5-7-12(15)8-6-11;1-3-9(4-2)12-15-16-13(17-12)10-5-7-11(14)8-6-10;1-2-12-9(11)7-3-5-8(10)6-4-7;9-7-3-1-6(2-4-7)8(11)5-10;1-2-7-3-5-8-6-4-7;1-3-5(4-2)6(7)8;1-5(2,3)4;1-2;/h7-14,17H,3-4H2,1-2H3;5-8,10H,3-4,9H2,1-2H3,(H,16,18);5-9H,3-4H2,1-2H3;3-6H,2H2,1H3;1-4H,5,10H2;1,3-6H;5H,3-4H2,1-2H3;;1-2H2;1H2. The number of Topliss-reactive ketones (excluding diaryl/α,β-unsaturated/α-hetero) is 2. The molecule has 4 aromatic heterocycles. The molecule has 0 saturated heterocycles. The summed E-state index contributed by atoms with van der Waals surface area (Å²) < 4.78 is 29.8. The number of aromatic nitrogens is 6. The van der Waals surface area contributed by atoms with Crippen LogP contribution < -0.4 is 22.7 Å². The minimum absolute atomic E-state index is 0. The van der Waals surface area contributed by atoms with E-state index in [1.54, 1.807) is 80.2 Å². The molecule has 0 aliphatic heterocycles. The highest BCUT2D eigenvalue weighted by Gasteiger charge is 2.19. The number of nitrogens with one attached hydrogen (secondary N) is 1. The van der Waals surface area contributed by atoms with Gasteiger partial charge in [-0.25, -0.2) is 4.79 Å². The molecular formula is C77H91Br4Cl4N10O10P. The van der Waals surface area contributed by atoms with Gasteiger partial charge in [-0.1, -0.05) is 161 Å². The molecule has 9 aromatic rings. The van der Waals surface area contributed by atoms with Gasteiger partial charge in [0.15, 0.2) is 11.6 Å². The van der Waals surface area contributed by atoms with Crippen LogP contribution in [0.15, 0.2) is 197 Å². The van der Waals surface area contributed by atoms with Crippen LogP contribution >= 0.6 is 114 Å². The van der Waals surface area contributed by atoms with Crippen molar-refractivity contribution < 1.29 is 47.6 Å². The molecule has 0 unspecified atom stereocenters. The fourth-order valence-electron chi connectivity index (χ4n) is 8.50. The maximum absolute atomic E-state index is 11.8. The molecule has 0 bridgehead atoms. The summed E-state index contributed by atoms with van der Waals surface area (Å²) in [5.41, 5.74) is 11.7. The highest BCUT2D eigenvalue weighted by molar-refractivity contribution is 9.11. The predicted molar refractivity (Wildman–Crippen MR) is 441 cm³/mol. The molecule has 0 saturated carbocycles. The van der Waals surface area contributed by atoms with Gasteiger partial charge >= 0.3 is 11.2 Å². The van der Waals surface area contributed by atoms with Crippen molar-refractivity contribution in [1.82, 2.24) is 35.7 Å². The molecule has 29 heteroatoms. The molecule has 0 aliphatic rings. The SMILES string of the molecule is C#Cc1ccncc1.CCC(CC)C(=O)Cl.CCC(CC)C(=O)NCC(=O)c1ccc(Br)cc1.CCC(CC)c1nnc(-c2ccc(Br)cc2)o1.CCC(CC)c1nnc(-c2ccc(C#Cc3ccncc3)cc2)o1.CCOC(=O)c1ccc(Br)cc1.NCC(=O)c1ccc(Br)cc1.NN.O.O=P(Cl)(Cl)Cl. The minimum Gasteiger partial charge on any atom is -0.462 e. The first-order chi connectivity index (χ1) is 50.2. The number of pyridine rings is 2. The number of amides is 1. The van der Waals surface area contributed by atoms with Gasteiger partial charge in [-0.05, 0) is 225 Å². The number of carbonyl (C=O) groups is 5. The number of nitrogens with zero attached hydrogens (tertiary/aromatic N) is 6. The van der Waals surface area contributed by atoms with Crippen LogP contribution in [-0.2, 0) is 18.9 Å². The van der Waals surface area contributed by atoms with E-state index < -0.39 is 5.20 Å². The molecule has 0 aliphatic carbocycles. The zero-order valence-electron chi connectivity index (χ0n) is 60.4. The summed E-state index contributed by atoms with van der Waals surface area (Å²) in [5.74, 6) is 19.7. The summed E-state index contributed by atoms with van der Waals surface area (Å²) in [7, 11) is 0. The number of hydrogen-bond acceptors (Lipinski definition) is 18. The lowest BCUT2D eigenvalue weighted by atomic mass is 10.0. The summed E-state index contributed by atoms with van der Waals surface area (Å²) in [4.78, 5) is 63.8. The number of terminal acetylenes is 1. The zero-order chi connectivity index (χ0) is 78.7. The van der Waals surface area contributed by atoms with Gasteiger partial charge in [-0.15, -0.1) is 26.8 Å². The van der Waals surface area contributed by atoms with Gasteiger partial charge in [0.1, 0.15) is 0 Å². The topological polar surface area (TPSA) is 337 Å². The fraction of sp³-hybridized carbons (Fsp3) is 0.312. The molecule has 570 valence electrons. The van der Waals surface area contributed by atoms with E-state index in [2.05, 4.69) is 190 Å². The predicted octanol–water partition coefficient (Wildman–Crippen LogP) is 20.3. The van der Waals surface area contributed by atoms with E-state index in [0.717, 1.165) is 109 Å². The Hall–Kier alpha value is -7.10. The Morgan fingerprint density at radius 2 is 0.830 bits per heavy atom. The van der Waals surface area contributed by atoms with Gasteiger partial charge in [-0.3, -0.25) is 45.4 Å². The van der Waals surface area contributed by atoms with E-state index in [0.29, 0.717) is 46.9 Å². The van der Waals surface area contributed by atoms with Crippen LogP contribution in [0.1, 0.15) is 185 Å². The Morgan fingerprint density at radius 3 is 1.14 bits per heavy atom. The van der Waals surface area contributed by atoms with Gasteiger partial charge in [0.2, 0.25) is 34.7 Å². The molecule has 0 atom stereocenters. The van der Waals surface area contributed by atoms with Crippen LogP contribution in [0.25, 0.3) is 22.9 Å². The largest absolute Gasteiger partial charge is 0.462 e. The van der Waals surface area contributed by atoms with Gasteiger partial charge < -0.3 is 30.1 Å². The number of rotatable bonds is 21. The smallest absolute Gasteiger partial charge is 0.339 e. The Labute approximate surface area is 675 Å². The average Bonchev–Trinajstić information content (AvgIpc) is 1.68. The molecule has 0 fully saturated rings. The van der Waals surface area contributed by atoms with E-state index in [1.165, 1.54) is 0 Å². The number of hydrogen-bond donors (Lipinski definition) is 4. The Morgan fingerprint density at radius 1 is 0.500 bits per heavy atom. The Balaban J connectivity index is 0.00000123. The maximum Gasteiger partial charge on any atom is 0.339 e.